The van der Waals surface area contributed by atoms with Crippen molar-refractivity contribution >= 4 is 5.82 Å². The van der Waals surface area contributed by atoms with Gasteiger partial charge < -0.3 is 10.5 Å². The SMILES string of the molecule is COc1ccc(-c2cn(-c3ccc(F)cc3)nc2N)cc1. The second-order valence-electron chi connectivity index (χ2n) is 4.58. The fourth-order valence-electron chi connectivity index (χ4n) is 2.11. The van der Waals surface area contributed by atoms with Crippen molar-refractivity contribution in [2.24, 2.45) is 0 Å². The molecule has 0 aliphatic rings. The molecule has 0 spiro atoms. The van der Waals surface area contributed by atoms with Gasteiger partial charge in [-0.25, -0.2) is 9.07 Å². The molecule has 2 N–H and O–H groups in total. The second kappa shape index (κ2) is 5.28. The lowest BCUT2D eigenvalue weighted by Gasteiger charge is -2.02. The zero-order chi connectivity index (χ0) is 14.8. The molecule has 0 bridgehead atoms. The molecule has 2 aromatic carbocycles. The molecule has 5 heteroatoms. The molecule has 0 amide bonds. The summed E-state index contributed by atoms with van der Waals surface area (Å²) in [6, 6.07) is 13.6. The fourth-order valence-corrected chi connectivity index (χ4v) is 2.11. The lowest BCUT2D eigenvalue weighted by molar-refractivity contribution is 0.415. The Morgan fingerprint density at radius 2 is 1.71 bits per heavy atom. The molecular formula is C16H14FN3O. The highest BCUT2D eigenvalue weighted by atomic mass is 19.1. The Morgan fingerprint density at radius 1 is 1.05 bits per heavy atom. The van der Waals surface area contributed by atoms with Gasteiger partial charge in [0.15, 0.2) is 5.82 Å². The normalized spacial score (nSPS) is 10.6. The van der Waals surface area contributed by atoms with Crippen LogP contribution in [-0.2, 0) is 0 Å². The zero-order valence-electron chi connectivity index (χ0n) is 11.5. The molecule has 0 atom stereocenters. The molecule has 21 heavy (non-hydrogen) atoms. The molecule has 1 heterocycles. The number of nitrogens with zero attached hydrogens (tertiary/aromatic N) is 2. The van der Waals surface area contributed by atoms with E-state index in [2.05, 4.69) is 5.10 Å². The molecule has 4 nitrogen and oxygen atoms in total. The van der Waals surface area contributed by atoms with E-state index in [-0.39, 0.29) is 5.82 Å². The first-order chi connectivity index (χ1) is 10.2. The molecule has 3 aromatic rings. The second-order valence-corrected chi connectivity index (χ2v) is 4.58. The highest BCUT2D eigenvalue weighted by Gasteiger charge is 2.09. The van der Waals surface area contributed by atoms with Crippen LogP contribution >= 0.6 is 0 Å². The van der Waals surface area contributed by atoms with Gasteiger partial charge in [-0.2, -0.15) is 5.10 Å². The van der Waals surface area contributed by atoms with Gasteiger partial charge in [-0.1, -0.05) is 12.1 Å². The van der Waals surface area contributed by atoms with Crippen molar-refractivity contribution in [3.8, 4) is 22.6 Å². The van der Waals surface area contributed by atoms with Gasteiger partial charge >= 0.3 is 0 Å². The molecule has 0 fully saturated rings. The number of anilines is 1. The third-order valence-corrected chi connectivity index (χ3v) is 3.23. The largest absolute Gasteiger partial charge is 0.497 e. The average Bonchev–Trinajstić information content (AvgIpc) is 2.90. The lowest BCUT2D eigenvalue weighted by atomic mass is 10.1. The summed E-state index contributed by atoms with van der Waals surface area (Å²) in [5.74, 6) is 0.919. The summed E-state index contributed by atoms with van der Waals surface area (Å²) in [6.07, 6.45) is 1.82. The minimum Gasteiger partial charge on any atom is -0.497 e. The maximum Gasteiger partial charge on any atom is 0.153 e. The summed E-state index contributed by atoms with van der Waals surface area (Å²) in [5.41, 5.74) is 8.49. The van der Waals surface area contributed by atoms with Crippen LogP contribution in [0.2, 0.25) is 0 Å². The van der Waals surface area contributed by atoms with Crippen molar-refractivity contribution in [3.05, 3.63) is 60.5 Å². The van der Waals surface area contributed by atoms with E-state index in [4.69, 9.17) is 10.5 Å². The van der Waals surface area contributed by atoms with Crippen LogP contribution in [0.3, 0.4) is 0 Å². The van der Waals surface area contributed by atoms with Gasteiger partial charge in [-0.3, -0.25) is 0 Å². The summed E-state index contributed by atoms with van der Waals surface area (Å²) in [7, 11) is 1.62. The molecule has 3 rings (SSSR count). The number of halogens is 1. The van der Waals surface area contributed by atoms with Crippen molar-refractivity contribution in [1.82, 2.24) is 9.78 Å². The minimum atomic E-state index is -0.283. The Labute approximate surface area is 121 Å². The number of hydrogen-bond donors (Lipinski definition) is 1. The van der Waals surface area contributed by atoms with Crippen molar-refractivity contribution in [2.45, 2.75) is 0 Å². The average molecular weight is 283 g/mol. The highest BCUT2D eigenvalue weighted by Crippen LogP contribution is 2.27. The summed E-state index contributed by atoms with van der Waals surface area (Å²) in [6.45, 7) is 0. The molecule has 0 aliphatic carbocycles. The van der Waals surface area contributed by atoms with Gasteiger partial charge in [0.2, 0.25) is 0 Å². The van der Waals surface area contributed by atoms with Crippen LogP contribution in [-0.4, -0.2) is 16.9 Å². The van der Waals surface area contributed by atoms with Gasteiger partial charge in [0.05, 0.1) is 12.8 Å². The number of nitrogen functional groups attached to an aromatic ring is 1. The first-order valence-electron chi connectivity index (χ1n) is 6.43. The first kappa shape index (κ1) is 13.2. The lowest BCUT2D eigenvalue weighted by Crippen LogP contribution is -1.95. The van der Waals surface area contributed by atoms with Gasteiger partial charge in [0.25, 0.3) is 0 Å². The van der Waals surface area contributed by atoms with Crippen molar-refractivity contribution in [1.29, 1.82) is 0 Å². The summed E-state index contributed by atoms with van der Waals surface area (Å²) in [4.78, 5) is 0. The predicted octanol–water partition coefficient (Wildman–Crippen LogP) is 3.27. The molecule has 106 valence electrons. The van der Waals surface area contributed by atoms with Crippen LogP contribution in [0.25, 0.3) is 16.8 Å². The van der Waals surface area contributed by atoms with E-state index in [0.717, 1.165) is 22.6 Å². The smallest absolute Gasteiger partial charge is 0.153 e. The standard InChI is InChI=1S/C16H14FN3O/c1-21-14-8-2-11(3-9-14)15-10-20(19-16(15)18)13-6-4-12(17)5-7-13/h2-10H,1H3,(H2,18,19). The molecule has 0 aliphatic heterocycles. The van der Waals surface area contributed by atoms with E-state index >= 15 is 0 Å². The number of ether oxygens (including phenoxy) is 1. The Kier molecular flexibility index (Phi) is 3.31. The third kappa shape index (κ3) is 2.58. The third-order valence-electron chi connectivity index (χ3n) is 3.23. The van der Waals surface area contributed by atoms with Gasteiger partial charge in [-0.05, 0) is 42.0 Å². The van der Waals surface area contributed by atoms with Crippen LogP contribution in [0, 0.1) is 5.82 Å². The molecule has 0 unspecified atom stereocenters. The number of hydrogen-bond acceptors (Lipinski definition) is 3. The van der Waals surface area contributed by atoms with Crippen LogP contribution in [0.4, 0.5) is 10.2 Å². The maximum atomic E-state index is 13.0. The number of methoxy groups -OCH3 is 1. The summed E-state index contributed by atoms with van der Waals surface area (Å²) >= 11 is 0. The van der Waals surface area contributed by atoms with E-state index in [1.165, 1.54) is 12.1 Å². The van der Waals surface area contributed by atoms with E-state index < -0.39 is 0 Å². The molecule has 0 saturated heterocycles. The highest BCUT2D eigenvalue weighted by molar-refractivity contribution is 5.74. The Bertz CT molecular complexity index is 748. The van der Waals surface area contributed by atoms with Gasteiger partial charge in [0, 0.05) is 11.8 Å². The van der Waals surface area contributed by atoms with Crippen LogP contribution < -0.4 is 10.5 Å². The molecule has 0 saturated carbocycles. The Morgan fingerprint density at radius 3 is 2.33 bits per heavy atom. The number of aromatic nitrogens is 2. The molecule has 1 aromatic heterocycles. The number of rotatable bonds is 3. The van der Waals surface area contributed by atoms with Crippen LogP contribution in [0.5, 0.6) is 5.75 Å². The number of benzene rings is 2. The topological polar surface area (TPSA) is 53.1 Å². The summed E-state index contributed by atoms with van der Waals surface area (Å²) in [5, 5.41) is 4.27. The van der Waals surface area contributed by atoms with Gasteiger partial charge in [0.1, 0.15) is 11.6 Å². The van der Waals surface area contributed by atoms with Gasteiger partial charge in [-0.15, -0.1) is 0 Å². The Balaban J connectivity index is 1.98. The van der Waals surface area contributed by atoms with E-state index in [1.54, 1.807) is 23.9 Å². The van der Waals surface area contributed by atoms with Crippen LogP contribution in [0.15, 0.2) is 54.7 Å². The fraction of sp³-hybridized carbons (Fsp3) is 0.0625. The minimum absolute atomic E-state index is 0.283. The number of nitrogens with two attached hydrogens (primary N) is 1. The van der Waals surface area contributed by atoms with Crippen molar-refractivity contribution in [2.75, 3.05) is 12.8 Å². The summed E-state index contributed by atoms with van der Waals surface area (Å²) < 4.78 is 19.7. The monoisotopic (exact) mass is 283 g/mol. The Hall–Kier alpha value is -2.82. The maximum absolute atomic E-state index is 13.0. The first-order valence-corrected chi connectivity index (χ1v) is 6.43. The quantitative estimate of drug-likeness (QED) is 0.802. The molecular weight excluding hydrogens is 269 g/mol. The van der Waals surface area contributed by atoms with E-state index in [0.29, 0.717) is 5.82 Å². The van der Waals surface area contributed by atoms with E-state index in [1.807, 2.05) is 30.5 Å². The zero-order valence-corrected chi connectivity index (χ0v) is 11.5. The molecule has 0 radical (unpaired) electrons. The van der Waals surface area contributed by atoms with E-state index in [9.17, 15) is 4.39 Å². The van der Waals surface area contributed by atoms with Crippen LogP contribution in [0.1, 0.15) is 0 Å². The van der Waals surface area contributed by atoms with Crippen molar-refractivity contribution in [3.63, 3.8) is 0 Å². The van der Waals surface area contributed by atoms with Crippen molar-refractivity contribution < 1.29 is 9.13 Å². The predicted molar refractivity (Wildman–Crippen MR) is 79.9 cm³/mol.